The lowest BCUT2D eigenvalue weighted by atomic mass is 9.85. The number of carbonyl (C=O) groups excluding carboxylic acids is 1. The second kappa shape index (κ2) is 7.77. The third-order valence-corrected chi connectivity index (χ3v) is 5.63. The lowest BCUT2D eigenvalue weighted by Crippen LogP contribution is -2.41. The number of benzene rings is 1. The van der Waals surface area contributed by atoms with Crippen LogP contribution in [-0.4, -0.2) is 43.0 Å². The van der Waals surface area contributed by atoms with Crippen LogP contribution in [0.5, 0.6) is 0 Å². The Bertz CT molecular complexity index is 673. The van der Waals surface area contributed by atoms with Crippen molar-refractivity contribution in [3.05, 3.63) is 47.0 Å². The summed E-state index contributed by atoms with van der Waals surface area (Å²) in [4.78, 5) is 19.6. The fourth-order valence-corrected chi connectivity index (χ4v) is 4.14. The lowest BCUT2D eigenvalue weighted by Gasteiger charge is -2.39. The molecule has 1 saturated heterocycles. The van der Waals surface area contributed by atoms with E-state index in [-0.39, 0.29) is 5.91 Å². The monoisotopic (exact) mass is 344 g/mol. The highest BCUT2D eigenvalue weighted by atomic mass is 32.1. The van der Waals surface area contributed by atoms with Crippen molar-refractivity contribution in [1.29, 1.82) is 0 Å². The van der Waals surface area contributed by atoms with Crippen molar-refractivity contribution in [3.63, 3.8) is 0 Å². The van der Waals surface area contributed by atoms with Gasteiger partial charge in [0.05, 0.1) is 6.20 Å². The van der Waals surface area contributed by atoms with Gasteiger partial charge >= 0.3 is 0 Å². The molecule has 0 bridgehead atoms. The second-order valence-corrected chi connectivity index (χ2v) is 7.26. The molecule has 2 atom stereocenters. The minimum absolute atomic E-state index is 0.0333. The van der Waals surface area contributed by atoms with E-state index in [1.807, 2.05) is 13.1 Å². The molecular formula is C18H24N4OS. The fourth-order valence-electron chi connectivity index (χ4n) is 3.46. The normalized spacial score (nSPS) is 21.4. The standard InChI is InChI=1S/C18H24N4OS/c1-19-18-21-12-15(24-18)17(23)20-11-14-9-6-10-22(2)16(14)13-7-4-3-5-8-13/h3-5,7-8,12,14,16H,6,9-11H2,1-2H3,(H,19,21)(H,20,23)/t14-,16-/m1/s1. The van der Waals surface area contributed by atoms with E-state index in [4.69, 9.17) is 0 Å². The summed E-state index contributed by atoms with van der Waals surface area (Å²) in [5.74, 6) is 0.390. The Hall–Kier alpha value is -1.92. The van der Waals surface area contributed by atoms with Gasteiger partial charge in [-0.1, -0.05) is 41.7 Å². The number of nitrogens with one attached hydrogen (secondary N) is 2. The number of amides is 1. The van der Waals surface area contributed by atoms with Crippen LogP contribution in [-0.2, 0) is 0 Å². The average molecular weight is 344 g/mol. The van der Waals surface area contributed by atoms with Crippen molar-refractivity contribution in [3.8, 4) is 0 Å². The molecule has 2 aromatic rings. The molecule has 0 unspecified atom stereocenters. The van der Waals surface area contributed by atoms with Gasteiger partial charge in [0.15, 0.2) is 5.13 Å². The van der Waals surface area contributed by atoms with Gasteiger partial charge in [0.1, 0.15) is 4.88 Å². The van der Waals surface area contributed by atoms with Gasteiger partial charge in [-0.15, -0.1) is 0 Å². The zero-order valence-electron chi connectivity index (χ0n) is 14.2. The SMILES string of the molecule is CNc1ncc(C(=O)NC[C@H]2CCCN(C)[C@@H]2c2ccccc2)s1. The number of carbonyl (C=O) groups is 1. The third-order valence-electron chi connectivity index (χ3n) is 4.62. The Labute approximate surface area is 147 Å². The van der Waals surface area contributed by atoms with Gasteiger partial charge in [-0.3, -0.25) is 9.69 Å². The molecule has 1 aromatic heterocycles. The molecule has 0 saturated carbocycles. The molecule has 1 aliphatic rings. The molecular weight excluding hydrogens is 320 g/mol. The molecule has 128 valence electrons. The molecule has 2 heterocycles. The average Bonchev–Trinajstić information content (AvgIpc) is 3.10. The van der Waals surface area contributed by atoms with Gasteiger partial charge in [-0.25, -0.2) is 4.98 Å². The predicted molar refractivity (Wildman–Crippen MR) is 98.5 cm³/mol. The molecule has 6 heteroatoms. The van der Waals surface area contributed by atoms with Crippen LogP contribution >= 0.6 is 11.3 Å². The van der Waals surface area contributed by atoms with Gasteiger partial charge in [0.2, 0.25) is 0 Å². The molecule has 0 radical (unpaired) electrons. The summed E-state index contributed by atoms with van der Waals surface area (Å²) >= 11 is 1.38. The third kappa shape index (κ3) is 3.76. The Kier molecular flexibility index (Phi) is 5.48. The number of hydrogen-bond donors (Lipinski definition) is 2. The number of hydrogen-bond acceptors (Lipinski definition) is 5. The van der Waals surface area contributed by atoms with E-state index < -0.39 is 0 Å². The molecule has 1 aliphatic heterocycles. The number of thiazole rings is 1. The van der Waals surface area contributed by atoms with E-state index in [1.54, 1.807) is 6.20 Å². The van der Waals surface area contributed by atoms with Crippen LogP contribution in [0.25, 0.3) is 0 Å². The van der Waals surface area contributed by atoms with E-state index in [0.29, 0.717) is 23.4 Å². The van der Waals surface area contributed by atoms with Crippen molar-refractivity contribution < 1.29 is 4.79 Å². The molecule has 5 nitrogen and oxygen atoms in total. The van der Waals surface area contributed by atoms with E-state index >= 15 is 0 Å². The van der Waals surface area contributed by atoms with Crippen molar-refractivity contribution in [1.82, 2.24) is 15.2 Å². The van der Waals surface area contributed by atoms with Crippen LogP contribution in [0.1, 0.15) is 34.1 Å². The van der Waals surface area contributed by atoms with Gasteiger partial charge in [-0.05, 0) is 37.9 Å². The van der Waals surface area contributed by atoms with Crippen LogP contribution in [0.4, 0.5) is 5.13 Å². The Morgan fingerprint density at radius 3 is 2.88 bits per heavy atom. The molecule has 2 N–H and O–H groups in total. The van der Waals surface area contributed by atoms with Crippen molar-refractivity contribution >= 4 is 22.4 Å². The maximum atomic E-state index is 12.4. The first-order valence-electron chi connectivity index (χ1n) is 8.36. The molecule has 0 aliphatic carbocycles. The van der Waals surface area contributed by atoms with Crippen LogP contribution < -0.4 is 10.6 Å². The quantitative estimate of drug-likeness (QED) is 0.875. The van der Waals surface area contributed by atoms with Gasteiger partial charge in [0, 0.05) is 19.6 Å². The summed E-state index contributed by atoms with van der Waals surface area (Å²) in [6.45, 7) is 1.79. The lowest BCUT2D eigenvalue weighted by molar-refractivity contribution is 0.0895. The van der Waals surface area contributed by atoms with Crippen molar-refractivity contribution in [2.75, 3.05) is 32.5 Å². The zero-order valence-corrected chi connectivity index (χ0v) is 15.0. The second-order valence-electron chi connectivity index (χ2n) is 6.23. The first-order chi connectivity index (χ1) is 11.7. The van der Waals surface area contributed by atoms with Crippen molar-refractivity contribution in [2.45, 2.75) is 18.9 Å². The Morgan fingerprint density at radius 1 is 1.38 bits per heavy atom. The highest BCUT2D eigenvalue weighted by Gasteiger charge is 2.30. The number of nitrogens with zero attached hydrogens (tertiary/aromatic N) is 2. The maximum Gasteiger partial charge on any atom is 0.263 e. The minimum Gasteiger partial charge on any atom is -0.365 e. The first-order valence-corrected chi connectivity index (χ1v) is 9.17. The number of anilines is 1. The summed E-state index contributed by atoms with van der Waals surface area (Å²) in [6.07, 6.45) is 3.94. The largest absolute Gasteiger partial charge is 0.365 e. The summed E-state index contributed by atoms with van der Waals surface area (Å²) in [5.41, 5.74) is 1.33. The summed E-state index contributed by atoms with van der Waals surface area (Å²) in [7, 11) is 3.98. The smallest absolute Gasteiger partial charge is 0.263 e. The molecule has 0 spiro atoms. The summed E-state index contributed by atoms with van der Waals surface area (Å²) in [5, 5.41) is 6.83. The van der Waals surface area contributed by atoms with Crippen molar-refractivity contribution in [2.24, 2.45) is 5.92 Å². The van der Waals surface area contributed by atoms with Crippen LogP contribution in [0, 0.1) is 5.92 Å². The molecule has 24 heavy (non-hydrogen) atoms. The fraction of sp³-hybridized carbons (Fsp3) is 0.444. The summed E-state index contributed by atoms with van der Waals surface area (Å²) in [6, 6.07) is 10.9. The Morgan fingerprint density at radius 2 is 2.17 bits per heavy atom. The van der Waals surface area contributed by atoms with Crippen LogP contribution in [0.3, 0.4) is 0 Å². The van der Waals surface area contributed by atoms with Crippen LogP contribution in [0.15, 0.2) is 36.5 Å². The highest BCUT2D eigenvalue weighted by molar-refractivity contribution is 7.17. The maximum absolute atomic E-state index is 12.4. The van der Waals surface area contributed by atoms with E-state index in [9.17, 15) is 4.79 Å². The van der Waals surface area contributed by atoms with E-state index in [1.165, 1.54) is 23.3 Å². The molecule has 1 amide bonds. The van der Waals surface area contributed by atoms with E-state index in [2.05, 4.69) is 51.8 Å². The molecule has 3 rings (SSSR count). The van der Waals surface area contributed by atoms with Gasteiger partial charge in [-0.2, -0.15) is 0 Å². The number of rotatable bonds is 5. The zero-order chi connectivity index (χ0) is 16.9. The highest BCUT2D eigenvalue weighted by Crippen LogP contribution is 2.34. The van der Waals surface area contributed by atoms with E-state index in [0.717, 1.165) is 18.1 Å². The summed E-state index contributed by atoms with van der Waals surface area (Å²) < 4.78 is 0. The molecule has 1 aromatic carbocycles. The topological polar surface area (TPSA) is 57.3 Å². The number of aromatic nitrogens is 1. The molecule has 1 fully saturated rings. The Balaban J connectivity index is 1.67. The van der Waals surface area contributed by atoms with Gasteiger partial charge in [0.25, 0.3) is 5.91 Å². The minimum atomic E-state index is -0.0333. The predicted octanol–water partition coefficient (Wildman–Crippen LogP) is 3.00. The number of piperidine rings is 1. The van der Waals surface area contributed by atoms with Gasteiger partial charge < -0.3 is 10.6 Å². The van der Waals surface area contributed by atoms with Crippen LogP contribution in [0.2, 0.25) is 0 Å². The first kappa shape index (κ1) is 16.9. The number of likely N-dealkylation sites (tertiary alicyclic amines) is 1.